The van der Waals surface area contributed by atoms with Crippen LogP contribution in [0.5, 0.6) is 0 Å². The topological polar surface area (TPSA) is 111 Å². The van der Waals surface area contributed by atoms with Crippen molar-refractivity contribution in [3.05, 3.63) is 28.7 Å². The van der Waals surface area contributed by atoms with Gasteiger partial charge in [0.1, 0.15) is 9.84 Å². The molecule has 1 atom stereocenters. The fourth-order valence-electron chi connectivity index (χ4n) is 1.56. The van der Waals surface area contributed by atoms with Crippen molar-refractivity contribution in [1.29, 1.82) is 0 Å². The molecular formula is C12H19N3O4S. The summed E-state index contributed by atoms with van der Waals surface area (Å²) < 4.78 is 23.5. The Kier molecular flexibility index (Phi) is 5.46. The Balaban J connectivity index is 2.68. The molecule has 1 aromatic heterocycles. The van der Waals surface area contributed by atoms with Crippen LogP contribution in [-0.2, 0) is 21.2 Å². The minimum atomic E-state index is -3.15. The minimum absolute atomic E-state index is 0.0537. The van der Waals surface area contributed by atoms with Crippen LogP contribution in [0.1, 0.15) is 13.3 Å². The zero-order valence-electron chi connectivity index (χ0n) is 11.5. The van der Waals surface area contributed by atoms with Crippen molar-refractivity contribution in [3.8, 4) is 0 Å². The minimum Gasteiger partial charge on any atom is -0.323 e. The first-order valence-electron chi connectivity index (χ1n) is 6.17. The maximum atomic E-state index is 11.8. The van der Waals surface area contributed by atoms with Crippen LogP contribution in [0.3, 0.4) is 0 Å². The fourth-order valence-corrected chi connectivity index (χ4v) is 2.24. The molecule has 1 heterocycles. The van der Waals surface area contributed by atoms with Gasteiger partial charge in [0.05, 0.1) is 17.5 Å². The van der Waals surface area contributed by atoms with Crippen LogP contribution < -0.4 is 16.6 Å². The molecule has 0 spiro atoms. The molecule has 0 fully saturated rings. The zero-order valence-corrected chi connectivity index (χ0v) is 12.3. The number of amides is 1. The maximum absolute atomic E-state index is 11.8. The smallest absolute Gasteiger partial charge is 0.250 e. The number of aromatic nitrogens is 1. The molecule has 8 heteroatoms. The van der Waals surface area contributed by atoms with E-state index < -0.39 is 21.8 Å². The SMILES string of the molecule is CCn1cc(NC(=O)C(N)CCS(C)(=O)=O)ccc1=O. The van der Waals surface area contributed by atoms with Gasteiger partial charge in [-0.25, -0.2) is 8.42 Å². The van der Waals surface area contributed by atoms with E-state index in [1.54, 1.807) is 0 Å². The van der Waals surface area contributed by atoms with Gasteiger partial charge in [0.2, 0.25) is 5.91 Å². The molecule has 1 aromatic rings. The number of hydrogen-bond acceptors (Lipinski definition) is 5. The summed E-state index contributed by atoms with van der Waals surface area (Å²) in [5, 5.41) is 2.56. The van der Waals surface area contributed by atoms with Gasteiger partial charge in [-0.15, -0.1) is 0 Å². The molecule has 0 radical (unpaired) electrons. The zero-order chi connectivity index (χ0) is 15.3. The number of carbonyl (C=O) groups excluding carboxylic acids is 1. The second-order valence-corrected chi connectivity index (χ2v) is 6.82. The number of sulfone groups is 1. The van der Waals surface area contributed by atoms with Crippen LogP contribution in [0.25, 0.3) is 0 Å². The van der Waals surface area contributed by atoms with Gasteiger partial charge in [-0.3, -0.25) is 9.59 Å². The summed E-state index contributed by atoms with van der Waals surface area (Å²) in [5.74, 6) is -0.620. The molecule has 1 unspecified atom stereocenters. The number of nitrogens with two attached hydrogens (primary N) is 1. The number of anilines is 1. The summed E-state index contributed by atoms with van der Waals surface area (Å²) in [4.78, 5) is 23.2. The van der Waals surface area contributed by atoms with Crippen molar-refractivity contribution in [1.82, 2.24) is 4.57 Å². The average molecular weight is 301 g/mol. The maximum Gasteiger partial charge on any atom is 0.250 e. The van der Waals surface area contributed by atoms with Gasteiger partial charge in [0.25, 0.3) is 5.56 Å². The van der Waals surface area contributed by atoms with Gasteiger partial charge < -0.3 is 15.6 Å². The van der Waals surface area contributed by atoms with Crippen LogP contribution in [0, 0.1) is 0 Å². The van der Waals surface area contributed by atoms with Crippen molar-refractivity contribution in [3.63, 3.8) is 0 Å². The predicted molar refractivity (Wildman–Crippen MR) is 77.3 cm³/mol. The molecule has 0 aromatic carbocycles. The first-order chi connectivity index (χ1) is 9.23. The van der Waals surface area contributed by atoms with E-state index in [0.29, 0.717) is 12.2 Å². The highest BCUT2D eigenvalue weighted by Crippen LogP contribution is 2.05. The molecule has 3 N–H and O–H groups in total. The van der Waals surface area contributed by atoms with E-state index in [-0.39, 0.29) is 17.7 Å². The molecule has 0 saturated heterocycles. The molecule has 20 heavy (non-hydrogen) atoms. The summed E-state index contributed by atoms with van der Waals surface area (Å²) in [6.45, 7) is 2.30. The molecule has 0 aliphatic heterocycles. The standard InChI is InChI=1S/C12H19N3O4S/c1-3-15-8-9(4-5-11(15)16)14-12(17)10(13)6-7-20(2,18)19/h4-5,8,10H,3,6-7,13H2,1-2H3,(H,14,17). The number of aryl methyl sites for hydroxylation is 1. The average Bonchev–Trinajstić information content (AvgIpc) is 2.37. The van der Waals surface area contributed by atoms with Crippen LogP contribution in [0.15, 0.2) is 23.1 Å². The van der Waals surface area contributed by atoms with E-state index >= 15 is 0 Å². The highest BCUT2D eigenvalue weighted by molar-refractivity contribution is 7.90. The number of pyridine rings is 1. The lowest BCUT2D eigenvalue weighted by Crippen LogP contribution is -2.37. The Morgan fingerprint density at radius 3 is 2.65 bits per heavy atom. The van der Waals surface area contributed by atoms with Gasteiger partial charge in [0.15, 0.2) is 0 Å². The molecule has 1 rings (SSSR count). The third-order valence-corrected chi connectivity index (χ3v) is 3.71. The largest absolute Gasteiger partial charge is 0.323 e. The van der Waals surface area contributed by atoms with Gasteiger partial charge in [-0.05, 0) is 19.4 Å². The monoisotopic (exact) mass is 301 g/mol. The summed E-state index contributed by atoms with van der Waals surface area (Å²) in [6, 6.07) is 1.92. The van der Waals surface area contributed by atoms with Crippen molar-refractivity contribution in [2.24, 2.45) is 5.73 Å². The van der Waals surface area contributed by atoms with E-state index in [0.717, 1.165) is 6.26 Å². The lowest BCUT2D eigenvalue weighted by atomic mass is 10.2. The van der Waals surface area contributed by atoms with Crippen LogP contribution in [0.4, 0.5) is 5.69 Å². The first kappa shape index (κ1) is 16.4. The highest BCUT2D eigenvalue weighted by Gasteiger charge is 2.16. The molecule has 0 saturated carbocycles. The Hall–Kier alpha value is -1.67. The Labute approximate surface area is 117 Å². The van der Waals surface area contributed by atoms with Crippen molar-refractivity contribution in [2.75, 3.05) is 17.3 Å². The summed E-state index contributed by atoms with van der Waals surface area (Å²) in [7, 11) is -3.15. The molecule has 0 aliphatic carbocycles. The van der Waals surface area contributed by atoms with E-state index in [1.165, 1.54) is 22.9 Å². The van der Waals surface area contributed by atoms with Crippen LogP contribution in [-0.4, -0.2) is 36.9 Å². The normalized spacial score (nSPS) is 12.9. The number of nitrogens with zero attached hydrogens (tertiary/aromatic N) is 1. The molecule has 0 aliphatic rings. The fraction of sp³-hybridized carbons (Fsp3) is 0.500. The number of nitrogens with one attached hydrogen (secondary N) is 1. The molecule has 0 bridgehead atoms. The predicted octanol–water partition coefficient (Wildman–Crippen LogP) is -0.431. The van der Waals surface area contributed by atoms with E-state index in [1.807, 2.05) is 6.92 Å². The third-order valence-electron chi connectivity index (χ3n) is 2.73. The first-order valence-corrected chi connectivity index (χ1v) is 8.23. The molecular weight excluding hydrogens is 282 g/mol. The van der Waals surface area contributed by atoms with Crippen molar-refractivity contribution >= 4 is 21.4 Å². The summed E-state index contributed by atoms with van der Waals surface area (Å²) in [5.41, 5.74) is 5.92. The van der Waals surface area contributed by atoms with E-state index in [4.69, 9.17) is 5.73 Å². The molecule has 112 valence electrons. The van der Waals surface area contributed by atoms with Gasteiger partial charge in [-0.1, -0.05) is 0 Å². The van der Waals surface area contributed by atoms with Gasteiger partial charge in [0, 0.05) is 25.1 Å². The lowest BCUT2D eigenvalue weighted by molar-refractivity contribution is -0.117. The van der Waals surface area contributed by atoms with Crippen molar-refractivity contribution < 1.29 is 13.2 Å². The second-order valence-electron chi connectivity index (χ2n) is 4.56. The van der Waals surface area contributed by atoms with E-state index in [2.05, 4.69) is 5.32 Å². The van der Waals surface area contributed by atoms with Crippen molar-refractivity contribution in [2.45, 2.75) is 25.9 Å². The highest BCUT2D eigenvalue weighted by atomic mass is 32.2. The van der Waals surface area contributed by atoms with Crippen LogP contribution in [0.2, 0.25) is 0 Å². The Morgan fingerprint density at radius 2 is 2.10 bits per heavy atom. The molecule has 7 nitrogen and oxygen atoms in total. The quantitative estimate of drug-likeness (QED) is 0.740. The Bertz CT molecular complexity index is 636. The van der Waals surface area contributed by atoms with Crippen LogP contribution >= 0.6 is 0 Å². The Morgan fingerprint density at radius 1 is 1.45 bits per heavy atom. The van der Waals surface area contributed by atoms with E-state index in [9.17, 15) is 18.0 Å². The second kappa shape index (κ2) is 6.67. The summed E-state index contributed by atoms with van der Waals surface area (Å²) >= 11 is 0. The third kappa shape index (κ3) is 5.14. The van der Waals surface area contributed by atoms with Gasteiger partial charge >= 0.3 is 0 Å². The lowest BCUT2D eigenvalue weighted by Gasteiger charge is -2.12. The number of hydrogen-bond donors (Lipinski definition) is 2. The number of carbonyl (C=O) groups is 1. The number of rotatable bonds is 6. The van der Waals surface area contributed by atoms with Gasteiger partial charge in [-0.2, -0.15) is 0 Å². The molecule has 1 amide bonds. The summed E-state index contributed by atoms with van der Waals surface area (Å²) in [6.07, 6.45) is 2.66.